The minimum atomic E-state index is -2.20. The Bertz CT molecular complexity index is 1010. The molecule has 0 heterocycles. The van der Waals surface area contributed by atoms with Crippen molar-refractivity contribution in [2.45, 2.75) is 45.1 Å². The van der Waals surface area contributed by atoms with Crippen LogP contribution in [0.1, 0.15) is 12.0 Å². The number of amides is 2. The van der Waals surface area contributed by atoms with Crippen molar-refractivity contribution in [3.63, 3.8) is 0 Å². The van der Waals surface area contributed by atoms with Crippen molar-refractivity contribution in [1.29, 1.82) is 0 Å². The van der Waals surface area contributed by atoms with Crippen LogP contribution < -0.4 is 15.8 Å². The molecule has 0 aromatic heterocycles. The summed E-state index contributed by atoms with van der Waals surface area (Å²) in [5.41, 5.74) is 9.11. The monoisotopic (exact) mass is 671 g/mol. The second-order valence-corrected chi connectivity index (χ2v) is 19.6. The predicted molar refractivity (Wildman–Crippen MR) is 177 cm³/mol. The van der Waals surface area contributed by atoms with Crippen LogP contribution in [-0.2, 0) is 43.8 Å². The molecule has 1 aromatic carbocycles. The number of alkyl carbamates (subject to hydrolysis) is 1. The molecule has 0 saturated carbocycles. The third-order valence-corrected chi connectivity index (χ3v) is 13.9. The average molecular weight is 672 g/mol. The number of ether oxygens (including phenoxy) is 6. The van der Waals surface area contributed by atoms with Crippen molar-refractivity contribution in [3.8, 4) is 0 Å². The molecule has 0 aliphatic heterocycles. The Hall–Kier alpha value is -2.54. The Morgan fingerprint density at radius 3 is 1.98 bits per heavy atom. The Balaban J connectivity index is 2.13. The molecular weight excluding hydrogens is 619 g/mol. The Labute approximate surface area is 269 Å². The molecule has 2 N–H and O–H groups in total. The minimum absolute atomic E-state index is 0.0563. The molecule has 16 heteroatoms. The molecule has 0 bridgehead atoms. The third-order valence-electron chi connectivity index (χ3n) is 6.38. The van der Waals surface area contributed by atoms with Gasteiger partial charge in [-0.3, -0.25) is 4.79 Å². The molecular formula is C29H53N5O9Si2. The van der Waals surface area contributed by atoms with E-state index in [9.17, 15) is 9.59 Å². The highest BCUT2D eigenvalue weighted by Crippen LogP contribution is 2.20. The van der Waals surface area contributed by atoms with E-state index in [0.717, 1.165) is 23.2 Å². The van der Waals surface area contributed by atoms with Crippen LogP contribution in [-0.4, -0.2) is 121 Å². The Morgan fingerprint density at radius 1 is 0.822 bits per heavy atom. The summed E-state index contributed by atoms with van der Waals surface area (Å²) in [5, 5.41) is 10.2. The van der Waals surface area contributed by atoms with Gasteiger partial charge in [-0.1, -0.05) is 29.4 Å². The molecule has 0 radical (unpaired) electrons. The second kappa shape index (κ2) is 24.7. The number of hydrogen-bond donors (Lipinski definition) is 2. The molecule has 2 amide bonds. The zero-order valence-electron chi connectivity index (χ0n) is 27.6. The van der Waals surface area contributed by atoms with Gasteiger partial charge in [0.05, 0.1) is 79.6 Å². The van der Waals surface area contributed by atoms with Crippen LogP contribution in [0.4, 0.5) is 4.79 Å². The topological polar surface area (TPSA) is 172 Å². The fourth-order valence-electron chi connectivity index (χ4n) is 4.28. The molecule has 1 rings (SSSR count). The van der Waals surface area contributed by atoms with E-state index in [-0.39, 0.29) is 5.91 Å². The molecule has 0 spiro atoms. The average Bonchev–Trinajstić information content (AvgIpc) is 3.00. The number of nitrogens with one attached hydrogen (secondary N) is 2. The van der Waals surface area contributed by atoms with E-state index in [0.29, 0.717) is 92.1 Å². The first kappa shape index (κ1) is 40.5. The number of rotatable bonds is 27. The van der Waals surface area contributed by atoms with E-state index in [1.54, 1.807) is 0 Å². The zero-order valence-corrected chi connectivity index (χ0v) is 29.6. The van der Waals surface area contributed by atoms with Crippen molar-refractivity contribution in [2.75, 3.05) is 92.8 Å². The van der Waals surface area contributed by atoms with Gasteiger partial charge >= 0.3 is 6.09 Å². The molecule has 0 atom stereocenters. The number of azide groups is 1. The molecule has 45 heavy (non-hydrogen) atoms. The highest BCUT2D eigenvalue weighted by atomic mass is 28.4. The number of methoxy groups -OCH3 is 1. The minimum Gasteiger partial charge on any atom is -0.453 e. The van der Waals surface area contributed by atoms with Crippen LogP contribution >= 0.6 is 0 Å². The summed E-state index contributed by atoms with van der Waals surface area (Å²) in [6, 6.07) is 9.06. The quantitative estimate of drug-likeness (QED) is 0.0469. The lowest BCUT2D eigenvalue weighted by atomic mass is 10.1. The number of carbonyl (C=O) groups excluding carboxylic acids is 2. The van der Waals surface area contributed by atoms with Gasteiger partial charge in [-0.05, 0) is 54.9 Å². The van der Waals surface area contributed by atoms with Crippen LogP contribution in [0.2, 0.25) is 32.2 Å². The summed E-state index contributed by atoms with van der Waals surface area (Å²) >= 11 is 0. The lowest BCUT2D eigenvalue weighted by Crippen LogP contribution is -2.52. The number of carbonyl (C=O) groups is 2. The molecule has 0 fully saturated rings. The summed E-state index contributed by atoms with van der Waals surface area (Å²) in [4.78, 5) is 26.4. The molecule has 1 aromatic rings. The predicted octanol–water partition coefficient (Wildman–Crippen LogP) is 3.12. The van der Waals surface area contributed by atoms with E-state index in [1.807, 2.05) is 12.1 Å². The second-order valence-electron chi connectivity index (χ2n) is 11.1. The van der Waals surface area contributed by atoms with Gasteiger partial charge in [0.2, 0.25) is 14.2 Å². The van der Waals surface area contributed by atoms with E-state index in [1.165, 1.54) is 7.11 Å². The van der Waals surface area contributed by atoms with Gasteiger partial charge in [0.15, 0.2) is 8.32 Å². The van der Waals surface area contributed by atoms with Crippen molar-refractivity contribution in [1.82, 2.24) is 10.6 Å². The summed E-state index contributed by atoms with van der Waals surface area (Å²) in [6.45, 7) is 14.5. The largest absolute Gasteiger partial charge is 0.453 e. The smallest absolute Gasteiger partial charge is 0.406 e. The number of benzene rings is 1. The van der Waals surface area contributed by atoms with Gasteiger partial charge in [-0.15, -0.1) is 0 Å². The van der Waals surface area contributed by atoms with Gasteiger partial charge < -0.3 is 43.2 Å². The van der Waals surface area contributed by atoms with Gasteiger partial charge in [-0.2, -0.15) is 0 Å². The molecule has 256 valence electrons. The fraction of sp³-hybridized carbons (Fsp3) is 0.724. The normalized spacial score (nSPS) is 11.6. The maximum Gasteiger partial charge on any atom is 0.406 e. The van der Waals surface area contributed by atoms with Gasteiger partial charge in [0.1, 0.15) is 0 Å². The van der Waals surface area contributed by atoms with E-state index >= 15 is 0 Å². The van der Waals surface area contributed by atoms with Crippen molar-refractivity contribution in [3.05, 3.63) is 40.3 Å². The lowest BCUT2D eigenvalue weighted by Gasteiger charge is -2.34. The zero-order chi connectivity index (χ0) is 33.2. The molecule has 0 aliphatic carbocycles. The molecule has 0 unspecified atom stereocenters. The van der Waals surface area contributed by atoms with Crippen molar-refractivity contribution < 1.29 is 42.1 Å². The fourth-order valence-corrected chi connectivity index (χ4v) is 12.7. The highest BCUT2D eigenvalue weighted by Gasteiger charge is 2.34. The van der Waals surface area contributed by atoms with E-state index in [2.05, 4.69) is 63.7 Å². The van der Waals surface area contributed by atoms with Crippen molar-refractivity contribution >= 4 is 33.8 Å². The maximum absolute atomic E-state index is 12.5. The Kier molecular flexibility index (Phi) is 22.2. The molecule has 14 nitrogen and oxygen atoms in total. The lowest BCUT2D eigenvalue weighted by molar-refractivity contribution is -0.120. The van der Waals surface area contributed by atoms with Gasteiger partial charge in [0, 0.05) is 24.5 Å². The third kappa shape index (κ3) is 21.8. The van der Waals surface area contributed by atoms with Crippen LogP contribution in [0.3, 0.4) is 0 Å². The van der Waals surface area contributed by atoms with Crippen LogP contribution in [0, 0.1) is 0 Å². The van der Waals surface area contributed by atoms with E-state index < -0.39 is 22.7 Å². The van der Waals surface area contributed by atoms with Crippen LogP contribution in [0.5, 0.6) is 0 Å². The summed E-state index contributed by atoms with van der Waals surface area (Å²) in [6.07, 6.45) is 0.713. The summed E-state index contributed by atoms with van der Waals surface area (Å²) < 4.78 is 38.4. The first-order valence-corrected chi connectivity index (χ1v) is 21.4. The first-order valence-electron chi connectivity index (χ1n) is 15.4. The van der Waals surface area contributed by atoms with Crippen LogP contribution in [0.15, 0.2) is 29.4 Å². The summed E-state index contributed by atoms with van der Waals surface area (Å²) in [7, 11) is -2.80. The van der Waals surface area contributed by atoms with Crippen molar-refractivity contribution in [2.24, 2.45) is 5.11 Å². The highest BCUT2D eigenvalue weighted by molar-refractivity contribution is 6.92. The SMILES string of the molecule is COC(=O)NCCC[Si](C)(C)O[Si](C)(C)c1cccc(CC(=O)NCCOCCOCCOCCOCCOCCN=[N+]=[N-])c1. The van der Waals surface area contributed by atoms with E-state index in [4.69, 9.17) is 33.3 Å². The first-order chi connectivity index (χ1) is 21.6. The number of nitrogens with zero attached hydrogens (tertiary/aromatic N) is 3. The Morgan fingerprint density at radius 2 is 1.40 bits per heavy atom. The standard InChI is InChI=1S/C29H53N5O9Si2/c1-37-29(36)32-10-7-23-44(2,3)43-45(4,5)27-9-6-8-26(24-27)25-28(35)31-11-13-38-15-17-40-19-21-42-22-20-41-18-16-39-14-12-33-34-30/h6,8-9,24H,7,10-23,25H2,1-5H3,(H,31,35)(H,32,36). The molecule has 0 saturated heterocycles. The van der Waals surface area contributed by atoms with Crippen LogP contribution in [0.25, 0.3) is 10.4 Å². The number of hydrogen-bond acceptors (Lipinski definition) is 10. The van der Waals surface area contributed by atoms with Gasteiger partial charge in [0.25, 0.3) is 0 Å². The van der Waals surface area contributed by atoms with Gasteiger partial charge in [-0.25, -0.2) is 4.79 Å². The maximum atomic E-state index is 12.5. The summed E-state index contributed by atoms with van der Waals surface area (Å²) in [5.74, 6) is -0.0563. The molecule has 0 aliphatic rings.